The lowest BCUT2D eigenvalue weighted by atomic mass is 9.93. The summed E-state index contributed by atoms with van der Waals surface area (Å²) in [4.78, 5) is 8.53. The van der Waals surface area contributed by atoms with E-state index in [9.17, 15) is 0 Å². The van der Waals surface area contributed by atoms with Crippen LogP contribution in [0.1, 0.15) is 62.5 Å². The second-order valence-corrected chi connectivity index (χ2v) is 9.02. The number of halogens is 1. The highest BCUT2D eigenvalue weighted by Crippen LogP contribution is 2.28. The zero-order valence-corrected chi connectivity index (χ0v) is 19.5. The van der Waals surface area contributed by atoms with E-state index < -0.39 is 0 Å². The Balaban J connectivity index is 0.000000158. The summed E-state index contributed by atoms with van der Waals surface area (Å²) in [6.45, 7) is 0. The smallest absolute Gasteiger partial charge is 0.159 e. The van der Waals surface area contributed by atoms with Gasteiger partial charge in [0.1, 0.15) is 0 Å². The maximum Gasteiger partial charge on any atom is 0.159 e. The Labute approximate surface area is 194 Å². The molecule has 158 valence electrons. The zero-order valence-electron chi connectivity index (χ0n) is 17.9. The third-order valence-electron chi connectivity index (χ3n) is 5.88. The van der Waals surface area contributed by atoms with Crippen molar-refractivity contribution in [2.75, 3.05) is 0 Å². The third kappa shape index (κ3) is 6.24. The first-order chi connectivity index (χ1) is 15.3. The molecule has 2 aromatic carbocycles. The molecule has 1 aromatic heterocycles. The average molecular weight is 473 g/mol. The van der Waals surface area contributed by atoms with E-state index in [2.05, 4.69) is 86.6 Å². The molecule has 0 amide bonds. The van der Waals surface area contributed by atoms with E-state index in [0.717, 1.165) is 15.9 Å². The molecule has 3 aromatic rings. The standard InChI is InChI=1S/C16H16N2.C12H13Br/c1-2-5-13(6-3-1)14-7-9-15(10-8-14)16-17-11-4-12-18-16;13-12-8-6-11(7-9-12)10-4-2-1-3-5-10/h4-5,7-12H,1-3,6H2;4,6-9H,1-3,5H2. The fourth-order valence-corrected chi connectivity index (χ4v) is 4.41. The minimum atomic E-state index is 0.793. The Morgan fingerprint density at radius 3 is 1.55 bits per heavy atom. The fraction of sp³-hybridized carbons (Fsp3) is 0.286. The van der Waals surface area contributed by atoms with Crippen LogP contribution in [0.15, 0.2) is 83.6 Å². The van der Waals surface area contributed by atoms with E-state index in [1.807, 2.05) is 6.07 Å². The highest BCUT2D eigenvalue weighted by atomic mass is 79.9. The Morgan fingerprint density at radius 2 is 1.06 bits per heavy atom. The topological polar surface area (TPSA) is 25.8 Å². The van der Waals surface area contributed by atoms with Gasteiger partial charge in [-0.15, -0.1) is 0 Å². The van der Waals surface area contributed by atoms with Crippen LogP contribution in [0.2, 0.25) is 0 Å². The molecule has 0 atom stereocenters. The fourth-order valence-electron chi connectivity index (χ4n) is 4.15. The van der Waals surface area contributed by atoms with Gasteiger partial charge in [0.15, 0.2) is 5.82 Å². The summed E-state index contributed by atoms with van der Waals surface area (Å²) in [5, 5.41) is 0. The van der Waals surface area contributed by atoms with E-state index in [1.54, 1.807) is 12.4 Å². The van der Waals surface area contributed by atoms with Gasteiger partial charge < -0.3 is 0 Å². The number of nitrogens with zero attached hydrogens (tertiary/aromatic N) is 2. The number of allylic oxidation sites excluding steroid dienone is 4. The van der Waals surface area contributed by atoms with Gasteiger partial charge in [0.2, 0.25) is 0 Å². The van der Waals surface area contributed by atoms with Gasteiger partial charge in [-0.05, 0) is 91.8 Å². The highest BCUT2D eigenvalue weighted by molar-refractivity contribution is 9.10. The van der Waals surface area contributed by atoms with E-state index in [-0.39, 0.29) is 0 Å². The molecule has 2 nitrogen and oxygen atoms in total. The van der Waals surface area contributed by atoms with Crippen LogP contribution in [-0.4, -0.2) is 9.97 Å². The molecule has 0 fully saturated rings. The number of aromatic nitrogens is 2. The average Bonchev–Trinajstić information content (AvgIpc) is 2.87. The summed E-state index contributed by atoms with van der Waals surface area (Å²) in [6.07, 6.45) is 18.6. The van der Waals surface area contributed by atoms with Crippen LogP contribution in [0.3, 0.4) is 0 Å². The van der Waals surface area contributed by atoms with Gasteiger partial charge in [-0.3, -0.25) is 0 Å². The lowest BCUT2D eigenvalue weighted by molar-refractivity contribution is 0.742. The summed E-state index contributed by atoms with van der Waals surface area (Å²) < 4.78 is 1.16. The van der Waals surface area contributed by atoms with Gasteiger partial charge in [0.05, 0.1) is 0 Å². The van der Waals surface area contributed by atoms with Gasteiger partial charge in [-0.1, -0.05) is 64.5 Å². The zero-order chi connectivity index (χ0) is 21.3. The van der Waals surface area contributed by atoms with Crippen molar-refractivity contribution in [3.63, 3.8) is 0 Å². The second-order valence-electron chi connectivity index (χ2n) is 8.11. The summed E-state index contributed by atoms with van der Waals surface area (Å²) in [5.74, 6) is 0.793. The summed E-state index contributed by atoms with van der Waals surface area (Å²) in [5.41, 5.74) is 6.83. The lowest BCUT2D eigenvalue weighted by Gasteiger charge is -2.13. The van der Waals surface area contributed by atoms with E-state index in [1.165, 1.54) is 73.6 Å². The highest BCUT2D eigenvalue weighted by Gasteiger charge is 2.07. The normalized spacial score (nSPS) is 15.9. The Hall–Kier alpha value is -2.52. The van der Waals surface area contributed by atoms with Crippen molar-refractivity contribution in [3.05, 3.63) is 94.7 Å². The first-order valence-electron chi connectivity index (χ1n) is 11.3. The van der Waals surface area contributed by atoms with E-state index in [4.69, 9.17) is 0 Å². The minimum absolute atomic E-state index is 0.793. The molecule has 0 spiro atoms. The van der Waals surface area contributed by atoms with Crippen LogP contribution < -0.4 is 0 Å². The summed E-state index contributed by atoms with van der Waals surface area (Å²) in [6, 6.07) is 19.1. The molecule has 0 bridgehead atoms. The van der Waals surface area contributed by atoms with Crippen LogP contribution in [0.25, 0.3) is 22.5 Å². The maximum atomic E-state index is 4.27. The molecule has 0 radical (unpaired) electrons. The van der Waals surface area contributed by atoms with Crippen molar-refractivity contribution in [1.29, 1.82) is 0 Å². The van der Waals surface area contributed by atoms with Crippen molar-refractivity contribution >= 4 is 27.1 Å². The largest absolute Gasteiger partial charge is 0.237 e. The van der Waals surface area contributed by atoms with Gasteiger partial charge in [-0.2, -0.15) is 0 Å². The molecule has 5 rings (SSSR count). The lowest BCUT2D eigenvalue weighted by Crippen LogP contribution is -1.92. The number of hydrogen-bond donors (Lipinski definition) is 0. The Kier molecular flexibility index (Phi) is 7.84. The maximum absolute atomic E-state index is 4.27. The van der Waals surface area contributed by atoms with Crippen molar-refractivity contribution in [1.82, 2.24) is 9.97 Å². The van der Waals surface area contributed by atoms with Crippen molar-refractivity contribution in [2.45, 2.75) is 51.4 Å². The van der Waals surface area contributed by atoms with Gasteiger partial charge >= 0.3 is 0 Å². The molecule has 1 heterocycles. The van der Waals surface area contributed by atoms with Crippen molar-refractivity contribution in [3.8, 4) is 11.4 Å². The molecule has 0 aliphatic heterocycles. The Bertz CT molecular complexity index is 1020. The molecular weight excluding hydrogens is 444 g/mol. The molecule has 31 heavy (non-hydrogen) atoms. The second kappa shape index (κ2) is 11.2. The molecule has 0 N–H and O–H groups in total. The number of rotatable bonds is 3. The monoisotopic (exact) mass is 472 g/mol. The summed E-state index contributed by atoms with van der Waals surface area (Å²) >= 11 is 3.45. The van der Waals surface area contributed by atoms with Gasteiger partial charge in [0, 0.05) is 22.4 Å². The number of hydrogen-bond acceptors (Lipinski definition) is 2. The number of benzene rings is 2. The summed E-state index contributed by atoms with van der Waals surface area (Å²) in [7, 11) is 0. The molecule has 3 heteroatoms. The molecular formula is C28H29BrN2. The van der Waals surface area contributed by atoms with E-state index >= 15 is 0 Å². The van der Waals surface area contributed by atoms with Crippen molar-refractivity contribution in [2.24, 2.45) is 0 Å². The first-order valence-corrected chi connectivity index (χ1v) is 12.1. The van der Waals surface area contributed by atoms with Crippen LogP contribution in [0, 0.1) is 0 Å². The quantitative estimate of drug-likeness (QED) is 0.381. The third-order valence-corrected chi connectivity index (χ3v) is 6.41. The van der Waals surface area contributed by atoms with Crippen LogP contribution >= 0.6 is 15.9 Å². The van der Waals surface area contributed by atoms with Crippen LogP contribution in [0.4, 0.5) is 0 Å². The van der Waals surface area contributed by atoms with E-state index in [0.29, 0.717) is 0 Å². The Morgan fingerprint density at radius 1 is 0.581 bits per heavy atom. The molecule has 0 saturated carbocycles. The molecule has 0 unspecified atom stereocenters. The minimum Gasteiger partial charge on any atom is -0.237 e. The van der Waals surface area contributed by atoms with Crippen LogP contribution in [-0.2, 0) is 0 Å². The van der Waals surface area contributed by atoms with Crippen LogP contribution in [0.5, 0.6) is 0 Å². The van der Waals surface area contributed by atoms with Gasteiger partial charge in [-0.25, -0.2) is 9.97 Å². The molecule has 2 aliphatic rings. The van der Waals surface area contributed by atoms with Crippen molar-refractivity contribution < 1.29 is 0 Å². The predicted molar refractivity (Wildman–Crippen MR) is 134 cm³/mol. The van der Waals surface area contributed by atoms with Gasteiger partial charge in [0.25, 0.3) is 0 Å². The SMILES string of the molecule is Brc1ccc(C2=CCCCC2)cc1.C1=C(c2ccc(-c3ncccn3)cc2)CCCC1. The molecule has 0 saturated heterocycles. The first kappa shape index (κ1) is 21.7. The molecule has 2 aliphatic carbocycles. The predicted octanol–water partition coefficient (Wildman–Crippen LogP) is 8.51.